The van der Waals surface area contributed by atoms with Crippen LogP contribution in [-0.2, 0) is 10.5 Å². The molecule has 2 heterocycles. The zero-order valence-electron chi connectivity index (χ0n) is 24.4. The summed E-state index contributed by atoms with van der Waals surface area (Å²) in [6.07, 6.45) is 0.857. The SMILES string of the molecule is CCCOc1c(Br)cc(C2C(C(=O)Nc3cccc(C)c3)=C(C)Nc3nc(SCc4ccccc4Cl)nn32)cc1OCC. The Bertz CT molecular complexity index is 1670. The summed E-state index contributed by atoms with van der Waals surface area (Å²) in [6.45, 7) is 8.86. The van der Waals surface area contributed by atoms with E-state index in [1.54, 1.807) is 4.68 Å². The van der Waals surface area contributed by atoms with E-state index in [1.807, 2.05) is 81.4 Å². The van der Waals surface area contributed by atoms with Gasteiger partial charge in [0.25, 0.3) is 5.91 Å². The van der Waals surface area contributed by atoms with E-state index in [-0.39, 0.29) is 5.91 Å². The van der Waals surface area contributed by atoms with Gasteiger partial charge < -0.3 is 20.1 Å². The molecule has 0 radical (unpaired) electrons. The maximum absolute atomic E-state index is 14.0. The van der Waals surface area contributed by atoms with Crippen LogP contribution in [-0.4, -0.2) is 33.9 Å². The molecule has 224 valence electrons. The lowest BCUT2D eigenvalue weighted by Gasteiger charge is -2.29. The van der Waals surface area contributed by atoms with E-state index in [2.05, 4.69) is 33.5 Å². The molecule has 0 saturated heterocycles. The number of carbonyl (C=O) groups is 1. The molecule has 1 amide bonds. The lowest BCUT2D eigenvalue weighted by molar-refractivity contribution is -0.113. The molecule has 11 heteroatoms. The number of anilines is 2. The molecule has 0 aliphatic carbocycles. The van der Waals surface area contributed by atoms with Crippen molar-refractivity contribution in [2.75, 3.05) is 23.8 Å². The summed E-state index contributed by atoms with van der Waals surface area (Å²) in [5.41, 5.74) is 4.74. The van der Waals surface area contributed by atoms with Crippen molar-refractivity contribution in [1.82, 2.24) is 14.8 Å². The number of hydrogen-bond donors (Lipinski definition) is 2. The first-order valence-corrected chi connectivity index (χ1v) is 16.2. The number of hydrogen-bond acceptors (Lipinski definition) is 7. The average Bonchev–Trinajstić information content (AvgIpc) is 3.38. The molecule has 3 aromatic carbocycles. The van der Waals surface area contributed by atoms with Gasteiger partial charge >= 0.3 is 0 Å². The van der Waals surface area contributed by atoms with E-state index in [1.165, 1.54) is 11.8 Å². The topological polar surface area (TPSA) is 90.3 Å². The van der Waals surface area contributed by atoms with Gasteiger partial charge in [-0.25, -0.2) is 4.68 Å². The highest BCUT2D eigenvalue weighted by molar-refractivity contribution is 9.10. The van der Waals surface area contributed by atoms with Crippen molar-refractivity contribution < 1.29 is 14.3 Å². The Morgan fingerprint density at radius 2 is 1.93 bits per heavy atom. The summed E-state index contributed by atoms with van der Waals surface area (Å²) >= 11 is 11.6. The number of fused-ring (bicyclic) bond motifs is 1. The van der Waals surface area contributed by atoms with Crippen LogP contribution in [0, 0.1) is 6.92 Å². The molecule has 5 rings (SSSR count). The van der Waals surface area contributed by atoms with Gasteiger partial charge in [0, 0.05) is 22.2 Å². The Hall–Kier alpha value is -3.47. The minimum Gasteiger partial charge on any atom is -0.490 e. The number of amides is 1. The lowest BCUT2D eigenvalue weighted by Crippen LogP contribution is -2.31. The van der Waals surface area contributed by atoms with Crippen molar-refractivity contribution in [2.45, 2.75) is 51.1 Å². The molecular weight excluding hydrogens is 650 g/mol. The van der Waals surface area contributed by atoms with Gasteiger partial charge in [-0.3, -0.25) is 4.79 Å². The van der Waals surface area contributed by atoms with E-state index < -0.39 is 6.04 Å². The van der Waals surface area contributed by atoms with Crippen molar-refractivity contribution in [3.05, 3.63) is 98.1 Å². The fourth-order valence-corrected chi connectivity index (χ4v) is 6.52. The largest absolute Gasteiger partial charge is 0.490 e. The van der Waals surface area contributed by atoms with E-state index >= 15 is 0 Å². The maximum Gasteiger partial charge on any atom is 0.255 e. The van der Waals surface area contributed by atoms with Gasteiger partial charge in [-0.1, -0.05) is 60.6 Å². The van der Waals surface area contributed by atoms with Crippen molar-refractivity contribution in [3.63, 3.8) is 0 Å². The minimum atomic E-state index is -0.598. The van der Waals surface area contributed by atoms with Gasteiger partial charge in [0.15, 0.2) is 11.5 Å². The first kappa shape index (κ1) is 31.0. The normalized spacial score (nSPS) is 14.2. The number of ether oxygens (including phenoxy) is 2. The molecule has 0 bridgehead atoms. The van der Waals surface area contributed by atoms with E-state index in [0.717, 1.165) is 27.6 Å². The molecule has 0 saturated carbocycles. The molecule has 1 aliphatic heterocycles. The highest BCUT2D eigenvalue weighted by atomic mass is 79.9. The Balaban J connectivity index is 1.57. The van der Waals surface area contributed by atoms with Gasteiger partial charge in [0.1, 0.15) is 6.04 Å². The molecule has 8 nitrogen and oxygen atoms in total. The first-order valence-electron chi connectivity index (χ1n) is 14.1. The van der Waals surface area contributed by atoms with E-state index in [4.69, 9.17) is 31.2 Å². The summed E-state index contributed by atoms with van der Waals surface area (Å²) in [7, 11) is 0. The van der Waals surface area contributed by atoms with Crippen molar-refractivity contribution in [1.29, 1.82) is 0 Å². The summed E-state index contributed by atoms with van der Waals surface area (Å²) in [6, 6.07) is 18.7. The van der Waals surface area contributed by atoms with Crippen molar-refractivity contribution >= 4 is 56.8 Å². The minimum absolute atomic E-state index is 0.243. The zero-order chi connectivity index (χ0) is 30.5. The van der Waals surface area contributed by atoms with Crippen LogP contribution in [0.2, 0.25) is 5.02 Å². The summed E-state index contributed by atoms with van der Waals surface area (Å²) < 4.78 is 14.5. The van der Waals surface area contributed by atoms with Gasteiger partial charge in [-0.2, -0.15) is 4.98 Å². The molecule has 0 spiro atoms. The number of thioether (sulfide) groups is 1. The molecule has 4 aromatic rings. The van der Waals surface area contributed by atoms with Crippen LogP contribution in [0.25, 0.3) is 0 Å². The molecule has 1 aromatic heterocycles. The smallest absolute Gasteiger partial charge is 0.255 e. The number of rotatable bonds is 11. The Kier molecular flexibility index (Phi) is 10.00. The van der Waals surface area contributed by atoms with Crippen molar-refractivity contribution in [2.24, 2.45) is 0 Å². The monoisotopic (exact) mass is 681 g/mol. The molecule has 0 fully saturated rings. The van der Waals surface area contributed by atoms with Crippen LogP contribution in [0.3, 0.4) is 0 Å². The van der Waals surface area contributed by atoms with Crippen LogP contribution in [0.4, 0.5) is 11.6 Å². The molecule has 1 unspecified atom stereocenters. The quantitative estimate of drug-likeness (QED) is 0.154. The Morgan fingerprint density at radius 3 is 2.67 bits per heavy atom. The Labute approximate surface area is 269 Å². The Morgan fingerprint density at radius 1 is 1.12 bits per heavy atom. The van der Waals surface area contributed by atoms with Gasteiger partial charge in [-0.05, 0) is 90.1 Å². The predicted octanol–water partition coefficient (Wildman–Crippen LogP) is 8.41. The van der Waals surface area contributed by atoms with E-state index in [0.29, 0.717) is 63.6 Å². The first-order chi connectivity index (χ1) is 20.8. The fourth-order valence-electron chi connectivity index (χ4n) is 4.83. The van der Waals surface area contributed by atoms with Gasteiger partial charge in [-0.15, -0.1) is 5.10 Å². The number of nitrogens with zero attached hydrogens (tertiary/aromatic N) is 3. The van der Waals surface area contributed by atoms with Crippen LogP contribution in [0.15, 0.2) is 81.6 Å². The third kappa shape index (κ3) is 7.03. The highest BCUT2D eigenvalue weighted by Gasteiger charge is 2.35. The number of aryl methyl sites for hydroxylation is 1. The lowest BCUT2D eigenvalue weighted by atomic mass is 9.94. The molecule has 1 aliphatic rings. The average molecular weight is 683 g/mol. The number of aromatic nitrogens is 3. The molecular formula is C32H33BrClN5O3S. The number of nitrogens with one attached hydrogen (secondary N) is 2. The summed E-state index contributed by atoms with van der Waals surface area (Å²) in [4.78, 5) is 18.8. The third-order valence-electron chi connectivity index (χ3n) is 6.77. The third-order valence-corrected chi connectivity index (χ3v) is 8.61. The second-order valence-corrected chi connectivity index (χ2v) is 12.2. The number of allylic oxidation sites excluding steroid dienone is 1. The van der Waals surface area contributed by atoms with Crippen LogP contribution in [0.1, 0.15) is 49.9 Å². The number of halogens is 2. The van der Waals surface area contributed by atoms with Crippen LogP contribution >= 0.6 is 39.3 Å². The summed E-state index contributed by atoms with van der Waals surface area (Å²) in [5, 5.41) is 12.5. The predicted molar refractivity (Wildman–Crippen MR) is 176 cm³/mol. The standard InChI is InChI=1S/C32H33BrClN5O3S/c1-5-14-42-29-24(33)16-22(17-26(29)41-6-2)28-27(30(40)36-23-12-9-10-19(3)15-23)20(4)35-31-37-32(38-39(28)31)43-18-21-11-7-8-13-25(21)34/h7-13,15-17,28H,5-6,14,18H2,1-4H3,(H,36,40)(H,35,37,38). The number of carbonyl (C=O) groups excluding carboxylic acids is 1. The van der Waals surface area contributed by atoms with Crippen molar-refractivity contribution in [3.8, 4) is 11.5 Å². The molecule has 1 atom stereocenters. The fraction of sp³-hybridized carbons (Fsp3) is 0.281. The number of benzene rings is 3. The zero-order valence-corrected chi connectivity index (χ0v) is 27.6. The molecule has 2 N–H and O–H groups in total. The van der Waals surface area contributed by atoms with Gasteiger partial charge in [0.05, 0.1) is 23.3 Å². The van der Waals surface area contributed by atoms with E-state index in [9.17, 15) is 4.79 Å². The molecule has 43 heavy (non-hydrogen) atoms. The second-order valence-electron chi connectivity index (χ2n) is 10.0. The van der Waals surface area contributed by atoms with Gasteiger partial charge in [0.2, 0.25) is 11.1 Å². The maximum atomic E-state index is 14.0. The van der Waals surface area contributed by atoms with Crippen LogP contribution < -0.4 is 20.1 Å². The second kappa shape index (κ2) is 13.9. The summed E-state index contributed by atoms with van der Waals surface area (Å²) in [5.74, 6) is 2.11. The van der Waals surface area contributed by atoms with Crippen LogP contribution in [0.5, 0.6) is 11.5 Å². The highest BCUT2D eigenvalue weighted by Crippen LogP contribution is 2.43.